The summed E-state index contributed by atoms with van der Waals surface area (Å²) in [6.07, 6.45) is 9.27. The van der Waals surface area contributed by atoms with Crippen LogP contribution in [0.3, 0.4) is 0 Å². The summed E-state index contributed by atoms with van der Waals surface area (Å²) in [4.78, 5) is 8.29. The van der Waals surface area contributed by atoms with Crippen LogP contribution in [0.4, 0.5) is 51.2 Å². The Labute approximate surface area is 580 Å². The van der Waals surface area contributed by atoms with Gasteiger partial charge in [0.1, 0.15) is 0 Å². The Bertz CT molecular complexity index is 4530. The number of aryl methyl sites for hydroxylation is 1. The lowest BCUT2D eigenvalue weighted by molar-refractivity contribution is 0.331. The molecule has 8 aromatic rings. The van der Waals surface area contributed by atoms with E-state index in [-0.39, 0.29) is 66.3 Å². The largest absolute Gasteiger partial charge is 0.311 e. The quantitative estimate of drug-likeness (QED) is 0.159. The van der Waals surface area contributed by atoms with Crippen molar-refractivity contribution in [3.05, 3.63) is 200 Å². The average molecular weight is 1270 g/mol. The third kappa shape index (κ3) is 9.65. The van der Waals surface area contributed by atoms with Crippen LogP contribution in [0, 0.1) is 6.92 Å². The molecule has 96 heavy (non-hydrogen) atoms. The highest BCUT2D eigenvalue weighted by molar-refractivity contribution is 7.00. The van der Waals surface area contributed by atoms with Crippen molar-refractivity contribution in [2.24, 2.45) is 0 Å². The molecule has 2 aliphatic heterocycles. The molecule has 498 valence electrons. The number of anilines is 9. The molecule has 7 aliphatic rings. The van der Waals surface area contributed by atoms with E-state index in [1.807, 2.05) is 0 Å². The third-order valence-electron chi connectivity index (χ3n) is 26.5. The predicted molar refractivity (Wildman–Crippen MR) is 416 cm³/mol. The fraction of sp³-hybridized carbons (Fsp3) is 0.478. The van der Waals surface area contributed by atoms with Gasteiger partial charge in [-0.2, -0.15) is 0 Å². The molecule has 8 aromatic carbocycles. The van der Waals surface area contributed by atoms with Crippen LogP contribution in [0.2, 0.25) is 0 Å². The van der Waals surface area contributed by atoms with Gasteiger partial charge in [-0.1, -0.05) is 227 Å². The Balaban J connectivity index is 1.14. The van der Waals surface area contributed by atoms with E-state index in [1.165, 1.54) is 160 Å². The smallest absolute Gasteiger partial charge is 0.252 e. The minimum Gasteiger partial charge on any atom is -0.311 e. The second-order valence-corrected chi connectivity index (χ2v) is 39.4. The Morgan fingerprint density at radius 1 is 0.333 bits per heavy atom. The van der Waals surface area contributed by atoms with Crippen LogP contribution < -0.4 is 31.1 Å². The molecule has 0 bridgehead atoms. The van der Waals surface area contributed by atoms with Gasteiger partial charge in [0.15, 0.2) is 0 Å². The standard InChI is InChI=1S/C92H112BN3/c1-55-46-66-71(90(20,21)44-40-85(66,10)11)53-75(55)96-78-49-61(94(58-30-26-56(27-31-58)82(2,3)4)59-32-28-57(29-33-59)83(5,6)7)48-77-80(78)93(73-37-36-64-79(81(73)96)62-50-68-69(51-65(62)92(64,24)25)88(16,17)42-41-87(68,14)15)74-52-70-72(91(22,23)45-43-89(70,18)19)54-76(74)95(77)60-34-35-63-67(47-60)86(12,13)39-38-84(63,8)9/h26-37,46-54H,38-45H2,1-25H3. The first-order valence-corrected chi connectivity index (χ1v) is 37.1. The lowest BCUT2D eigenvalue weighted by Crippen LogP contribution is -2.62. The highest BCUT2D eigenvalue weighted by Gasteiger charge is 2.52. The van der Waals surface area contributed by atoms with Gasteiger partial charge in [0.25, 0.3) is 6.71 Å². The topological polar surface area (TPSA) is 9.72 Å². The number of hydrogen-bond donors (Lipinski definition) is 0. The zero-order chi connectivity index (χ0) is 68.9. The molecule has 0 atom stereocenters. The zero-order valence-electron chi connectivity index (χ0n) is 63.7. The summed E-state index contributed by atoms with van der Waals surface area (Å²) in [6.45, 7) is 61.8. The van der Waals surface area contributed by atoms with E-state index in [9.17, 15) is 0 Å². The third-order valence-corrected chi connectivity index (χ3v) is 26.5. The molecule has 0 radical (unpaired) electrons. The van der Waals surface area contributed by atoms with Gasteiger partial charge in [-0.05, 0) is 273 Å². The highest BCUT2D eigenvalue weighted by Crippen LogP contribution is 2.62. The maximum atomic E-state index is 2.89. The van der Waals surface area contributed by atoms with E-state index in [4.69, 9.17) is 0 Å². The number of fused-ring (bicyclic) bond motifs is 12. The van der Waals surface area contributed by atoms with E-state index in [1.54, 1.807) is 0 Å². The molecule has 2 heterocycles. The molecule has 15 rings (SSSR count). The summed E-state index contributed by atoms with van der Waals surface area (Å²) in [6, 6.07) is 53.8. The maximum Gasteiger partial charge on any atom is 0.252 e. The molecule has 0 spiro atoms. The second-order valence-electron chi connectivity index (χ2n) is 39.4. The monoisotopic (exact) mass is 1270 g/mol. The summed E-state index contributed by atoms with van der Waals surface area (Å²) in [7, 11) is 0. The van der Waals surface area contributed by atoms with Gasteiger partial charge in [0, 0.05) is 56.5 Å². The number of benzene rings is 8. The van der Waals surface area contributed by atoms with Crippen LogP contribution in [0.5, 0.6) is 0 Å². The van der Waals surface area contributed by atoms with Crippen LogP contribution in [-0.2, 0) is 59.6 Å². The van der Waals surface area contributed by atoms with Gasteiger partial charge in [0.05, 0.1) is 5.69 Å². The van der Waals surface area contributed by atoms with Crippen LogP contribution >= 0.6 is 0 Å². The van der Waals surface area contributed by atoms with Gasteiger partial charge in [-0.25, -0.2) is 0 Å². The van der Waals surface area contributed by atoms with Crippen LogP contribution in [-0.4, -0.2) is 6.71 Å². The van der Waals surface area contributed by atoms with Crippen molar-refractivity contribution >= 4 is 74.3 Å². The van der Waals surface area contributed by atoms with Crippen molar-refractivity contribution in [2.45, 2.75) is 284 Å². The molecule has 0 amide bonds. The Hall–Kier alpha value is -6.78. The summed E-state index contributed by atoms with van der Waals surface area (Å²) in [5, 5.41) is 0. The molecule has 0 unspecified atom stereocenters. The van der Waals surface area contributed by atoms with Gasteiger partial charge >= 0.3 is 0 Å². The number of hydrogen-bond acceptors (Lipinski definition) is 3. The summed E-state index contributed by atoms with van der Waals surface area (Å²) >= 11 is 0. The molecule has 0 aromatic heterocycles. The lowest BCUT2D eigenvalue weighted by atomic mass is 9.33. The maximum absolute atomic E-state index is 2.89. The fourth-order valence-corrected chi connectivity index (χ4v) is 19.4. The molecule has 3 nitrogen and oxygen atoms in total. The van der Waals surface area contributed by atoms with E-state index in [0.29, 0.717) is 0 Å². The molecular weight excluding hydrogens is 1160 g/mol. The predicted octanol–water partition coefficient (Wildman–Crippen LogP) is 23.8. The summed E-state index contributed by atoms with van der Waals surface area (Å²) in [5.74, 6) is 0. The second kappa shape index (κ2) is 20.4. The Morgan fingerprint density at radius 3 is 1.21 bits per heavy atom. The van der Waals surface area contributed by atoms with Crippen molar-refractivity contribution < 1.29 is 0 Å². The first-order valence-electron chi connectivity index (χ1n) is 37.1. The van der Waals surface area contributed by atoms with E-state index in [0.717, 1.165) is 42.7 Å². The number of nitrogens with zero attached hydrogens (tertiary/aromatic N) is 3. The van der Waals surface area contributed by atoms with Crippen molar-refractivity contribution in [3.63, 3.8) is 0 Å². The normalized spacial score (nSPS) is 20.9. The molecule has 0 saturated heterocycles. The van der Waals surface area contributed by atoms with Gasteiger partial charge in [-0.15, -0.1) is 0 Å². The van der Waals surface area contributed by atoms with Crippen molar-refractivity contribution in [1.82, 2.24) is 0 Å². The van der Waals surface area contributed by atoms with E-state index >= 15 is 0 Å². The minimum absolute atomic E-state index is 0.00287. The SMILES string of the molecule is Cc1cc2c(cc1N1c3cc(N(c4ccc(C(C)(C)C)cc4)c4ccc(C(C)(C)C)cc4)cc4c3B(c3cc5c(cc3N4c3ccc4c(c3)C(C)(C)CCC4(C)C)C(C)(C)CCC5(C)C)c3ccc4c(c31)-c1cc3c(cc1C4(C)C)C(C)(C)CCC3(C)C)C(C)(C)CCC2(C)C. The van der Waals surface area contributed by atoms with Gasteiger partial charge in [-0.3, -0.25) is 0 Å². The molecule has 0 N–H and O–H groups in total. The average Bonchev–Trinajstić information content (AvgIpc) is 1.17. The van der Waals surface area contributed by atoms with Crippen LogP contribution in [0.15, 0.2) is 127 Å². The number of rotatable bonds is 5. The van der Waals surface area contributed by atoms with Crippen LogP contribution in [0.25, 0.3) is 11.1 Å². The van der Waals surface area contributed by atoms with Crippen LogP contribution in [0.1, 0.15) is 290 Å². The Kier molecular flexibility index (Phi) is 13.9. The molecular formula is C92H112BN3. The molecule has 4 heteroatoms. The van der Waals surface area contributed by atoms with E-state index in [2.05, 4.69) is 315 Å². The van der Waals surface area contributed by atoms with E-state index < -0.39 is 0 Å². The van der Waals surface area contributed by atoms with Crippen molar-refractivity contribution in [1.29, 1.82) is 0 Å². The lowest BCUT2D eigenvalue weighted by Gasteiger charge is -2.49. The van der Waals surface area contributed by atoms with Crippen molar-refractivity contribution in [2.75, 3.05) is 14.7 Å². The summed E-state index contributed by atoms with van der Waals surface area (Å²) in [5.41, 5.74) is 37.0. The van der Waals surface area contributed by atoms with Crippen molar-refractivity contribution in [3.8, 4) is 11.1 Å². The molecule has 0 saturated carbocycles. The fourth-order valence-electron chi connectivity index (χ4n) is 19.4. The molecule has 5 aliphatic carbocycles. The molecule has 0 fully saturated rings. The first-order chi connectivity index (χ1) is 44.5. The first kappa shape index (κ1) is 65.2. The van der Waals surface area contributed by atoms with Gasteiger partial charge in [0.2, 0.25) is 0 Å². The minimum atomic E-state index is -0.262. The Morgan fingerprint density at radius 2 is 0.729 bits per heavy atom. The zero-order valence-corrected chi connectivity index (χ0v) is 63.7. The summed E-state index contributed by atoms with van der Waals surface area (Å²) < 4.78 is 0. The highest BCUT2D eigenvalue weighted by atomic mass is 15.2. The van der Waals surface area contributed by atoms with Gasteiger partial charge < -0.3 is 14.7 Å².